The minimum Gasteiger partial charge on any atom is -0.497 e. The summed E-state index contributed by atoms with van der Waals surface area (Å²) in [5.41, 5.74) is 22.1. The van der Waals surface area contributed by atoms with Gasteiger partial charge in [-0.3, -0.25) is 5.41 Å². The molecule has 0 radical (unpaired) electrons. The van der Waals surface area contributed by atoms with E-state index in [1.54, 1.807) is 25.3 Å². The second kappa shape index (κ2) is 6.52. The standard InChI is InChI=1S/C19H19N5O/c1-25-14-8-4-12(5-9-14)18-17(19(22)23)15(21)10-16(24-18)11-2-6-13(20)7-3-11/h2-10H,20H2,1H3,(H2,21,24)(H3,22,23). The Hall–Kier alpha value is -3.54. The van der Waals surface area contributed by atoms with Crippen LogP contribution >= 0.6 is 0 Å². The largest absolute Gasteiger partial charge is 0.497 e. The van der Waals surface area contributed by atoms with Crippen molar-refractivity contribution in [2.75, 3.05) is 18.6 Å². The number of anilines is 2. The van der Waals surface area contributed by atoms with Crippen molar-refractivity contribution < 1.29 is 4.74 Å². The van der Waals surface area contributed by atoms with Crippen LogP contribution in [-0.4, -0.2) is 17.9 Å². The van der Waals surface area contributed by atoms with Gasteiger partial charge in [-0.05, 0) is 42.5 Å². The molecule has 1 aromatic heterocycles. The number of nitrogen functional groups attached to an aromatic ring is 3. The van der Waals surface area contributed by atoms with Crippen LogP contribution in [0.3, 0.4) is 0 Å². The molecule has 0 unspecified atom stereocenters. The number of nitrogens with zero attached hydrogens (tertiary/aromatic N) is 1. The van der Waals surface area contributed by atoms with Crippen LogP contribution in [0.15, 0.2) is 54.6 Å². The zero-order valence-electron chi connectivity index (χ0n) is 13.8. The highest BCUT2D eigenvalue weighted by Crippen LogP contribution is 2.31. The van der Waals surface area contributed by atoms with Crippen LogP contribution in [0.4, 0.5) is 11.4 Å². The molecule has 6 heteroatoms. The van der Waals surface area contributed by atoms with Gasteiger partial charge in [0.15, 0.2) is 0 Å². The first-order valence-corrected chi connectivity index (χ1v) is 7.65. The third kappa shape index (κ3) is 3.23. The van der Waals surface area contributed by atoms with Crippen molar-refractivity contribution in [2.45, 2.75) is 0 Å². The Kier molecular flexibility index (Phi) is 4.26. The second-order valence-corrected chi connectivity index (χ2v) is 5.58. The molecule has 0 atom stereocenters. The van der Waals surface area contributed by atoms with Gasteiger partial charge in [0.05, 0.1) is 24.1 Å². The summed E-state index contributed by atoms with van der Waals surface area (Å²) in [6, 6.07) is 16.5. The first kappa shape index (κ1) is 16.3. The van der Waals surface area contributed by atoms with E-state index < -0.39 is 0 Å². The monoisotopic (exact) mass is 333 g/mol. The lowest BCUT2D eigenvalue weighted by Crippen LogP contribution is -2.16. The summed E-state index contributed by atoms with van der Waals surface area (Å²) in [4.78, 5) is 4.70. The van der Waals surface area contributed by atoms with Gasteiger partial charge < -0.3 is 21.9 Å². The van der Waals surface area contributed by atoms with Gasteiger partial charge in [0.1, 0.15) is 11.6 Å². The van der Waals surface area contributed by atoms with Gasteiger partial charge in [-0.15, -0.1) is 0 Å². The van der Waals surface area contributed by atoms with Crippen molar-refractivity contribution in [3.63, 3.8) is 0 Å². The summed E-state index contributed by atoms with van der Waals surface area (Å²) < 4.78 is 5.19. The van der Waals surface area contributed by atoms with Crippen molar-refractivity contribution in [3.8, 4) is 28.3 Å². The van der Waals surface area contributed by atoms with Crippen LogP contribution in [0.25, 0.3) is 22.5 Å². The van der Waals surface area contributed by atoms with E-state index in [4.69, 9.17) is 32.3 Å². The van der Waals surface area contributed by atoms with E-state index >= 15 is 0 Å². The zero-order chi connectivity index (χ0) is 18.0. The Bertz CT molecular complexity index is 918. The third-order valence-corrected chi connectivity index (χ3v) is 3.89. The Balaban J connectivity index is 2.19. The molecule has 0 saturated heterocycles. The molecule has 25 heavy (non-hydrogen) atoms. The summed E-state index contributed by atoms with van der Waals surface area (Å²) in [5.74, 6) is 0.607. The van der Waals surface area contributed by atoms with E-state index in [1.165, 1.54) is 0 Å². The van der Waals surface area contributed by atoms with Crippen LogP contribution in [0.1, 0.15) is 5.56 Å². The number of hydrogen-bond donors (Lipinski definition) is 4. The van der Waals surface area contributed by atoms with E-state index in [0.29, 0.717) is 28.3 Å². The Morgan fingerprint density at radius 2 is 1.56 bits per heavy atom. The summed E-state index contributed by atoms with van der Waals surface area (Å²) in [7, 11) is 1.61. The predicted octanol–water partition coefficient (Wildman–Crippen LogP) is 2.87. The van der Waals surface area contributed by atoms with E-state index in [0.717, 1.165) is 16.9 Å². The molecular weight excluding hydrogens is 314 g/mol. The number of nitrogens with one attached hydrogen (secondary N) is 1. The summed E-state index contributed by atoms with van der Waals surface area (Å²) >= 11 is 0. The van der Waals surface area contributed by atoms with Crippen LogP contribution < -0.4 is 21.9 Å². The molecule has 0 aliphatic heterocycles. The number of rotatable bonds is 4. The molecule has 0 amide bonds. The van der Waals surface area contributed by atoms with Gasteiger partial charge in [0.25, 0.3) is 0 Å². The highest BCUT2D eigenvalue weighted by atomic mass is 16.5. The molecule has 2 aromatic carbocycles. The van der Waals surface area contributed by atoms with Crippen molar-refractivity contribution in [1.82, 2.24) is 4.98 Å². The number of nitrogens with two attached hydrogens (primary N) is 3. The smallest absolute Gasteiger partial charge is 0.127 e. The van der Waals surface area contributed by atoms with Crippen molar-refractivity contribution in [2.24, 2.45) is 5.73 Å². The molecule has 126 valence electrons. The van der Waals surface area contributed by atoms with Crippen molar-refractivity contribution >= 4 is 17.2 Å². The average molecular weight is 333 g/mol. The quantitative estimate of drug-likeness (QED) is 0.332. The summed E-state index contributed by atoms with van der Waals surface area (Å²) in [5, 5.41) is 7.86. The lowest BCUT2D eigenvalue weighted by atomic mass is 10.0. The number of benzene rings is 2. The number of ether oxygens (including phenoxy) is 1. The van der Waals surface area contributed by atoms with Gasteiger partial charge in [-0.2, -0.15) is 0 Å². The fourth-order valence-electron chi connectivity index (χ4n) is 2.61. The molecule has 7 N–H and O–H groups in total. The Labute approximate surface area is 145 Å². The summed E-state index contributed by atoms with van der Waals surface area (Å²) in [6.45, 7) is 0. The molecular formula is C19H19N5O. The van der Waals surface area contributed by atoms with E-state index in [-0.39, 0.29) is 5.84 Å². The maximum Gasteiger partial charge on any atom is 0.127 e. The normalized spacial score (nSPS) is 10.4. The van der Waals surface area contributed by atoms with E-state index in [2.05, 4.69) is 0 Å². The van der Waals surface area contributed by atoms with Crippen LogP contribution in [0.5, 0.6) is 5.75 Å². The van der Waals surface area contributed by atoms with Crippen LogP contribution in [0.2, 0.25) is 0 Å². The second-order valence-electron chi connectivity index (χ2n) is 5.58. The van der Waals surface area contributed by atoms with Gasteiger partial charge in [-0.1, -0.05) is 12.1 Å². The van der Waals surface area contributed by atoms with Gasteiger partial charge >= 0.3 is 0 Å². The van der Waals surface area contributed by atoms with Crippen LogP contribution in [-0.2, 0) is 0 Å². The number of methoxy groups -OCH3 is 1. The maximum atomic E-state index is 7.86. The SMILES string of the molecule is COc1ccc(-c2nc(-c3ccc(N)cc3)cc(N)c2C(=N)N)cc1. The molecule has 0 spiro atoms. The molecule has 0 saturated carbocycles. The van der Waals surface area contributed by atoms with Gasteiger partial charge in [0.2, 0.25) is 0 Å². The molecule has 0 fully saturated rings. The molecule has 6 nitrogen and oxygen atoms in total. The van der Waals surface area contributed by atoms with Crippen molar-refractivity contribution in [1.29, 1.82) is 5.41 Å². The van der Waals surface area contributed by atoms with E-state index in [9.17, 15) is 0 Å². The molecule has 1 heterocycles. The molecule has 0 aliphatic rings. The lowest BCUT2D eigenvalue weighted by Gasteiger charge is -2.14. The number of hydrogen-bond acceptors (Lipinski definition) is 5. The maximum absolute atomic E-state index is 7.86. The van der Waals surface area contributed by atoms with Gasteiger partial charge in [-0.25, -0.2) is 4.98 Å². The summed E-state index contributed by atoms with van der Waals surface area (Å²) in [6.07, 6.45) is 0. The number of aromatic nitrogens is 1. The highest BCUT2D eigenvalue weighted by molar-refractivity contribution is 6.05. The first-order valence-electron chi connectivity index (χ1n) is 7.65. The minimum absolute atomic E-state index is 0.125. The predicted molar refractivity (Wildman–Crippen MR) is 102 cm³/mol. The topological polar surface area (TPSA) is 124 Å². The fraction of sp³-hybridized carbons (Fsp3) is 0.0526. The highest BCUT2D eigenvalue weighted by Gasteiger charge is 2.16. The van der Waals surface area contributed by atoms with Gasteiger partial charge in [0, 0.05) is 22.5 Å². The first-order chi connectivity index (χ1) is 12.0. The van der Waals surface area contributed by atoms with E-state index in [1.807, 2.05) is 36.4 Å². The molecule has 3 aromatic rings. The third-order valence-electron chi connectivity index (χ3n) is 3.89. The fourth-order valence-corrected chi connectivity index (χ4v) is 2.61. The molecule has 3 rings (SSSR count). The molecule has 0 bridgehead atoms. The molecule has 0 aliphatic carbocycles. The van der Waals surface area contributed by atoms with Crippen molar-refractivity contribution in [3.05, 3.63) is 60.2 Å². The average Bonchev–Trinajstić information content (AvgIpc) is 2.61. The van der Waals surface area contributed by atoms with Crippen LogP contribution in [0, 0.1) is 5.41 Å². The number of pyridine rings is 1. The Morgan fingerprint density at radius 1 is 0.960 bits per heavy atom. The lowest BCUT2D eigenvalue weighted by molar-refractivity contribution is 0.415. The zero-order valence-corrected chi connectivity index (χ0v) is 13.8. The Morgan fingerprint density at radius 3 is 2.12 bits per heavy atom. The number of amidine groups is 1. The minimum atomic E-state index is -0.125.